The number of alkyl halides is 1. The van der Waals surface area contributed by atoms with E-state index in [2.05, 4.69) is 12.2 Å². The lowest BCUT2D eigenvalue weighted by Crippen LogP contribution is -2.14. The zero-order chi connectivity index (χ0) is 8.32. The Morgan fingerprint density at radius 3 is 2.75 bits per heavy atom. The number of nitrogens with two attached hydrogens (primary N) is 1. The van der Waals surface area contributed by atoms with Crippen molar-refractivity contribution in [2.24, 2.45) is 5.73 Å². The van der Waals surface area contributed by atoms with E-state index >= 15 is 0 Å². The Kier molecular flexibility index (Phi) is 4.91. The number of allylic oxidation sites excluding steroid dienone is 3. The molecule has 2 N–H and O–H groups in total. The molecule has 0 fully saturated rings. The molecule has 1 aliphatic carbocycles. The molecule has 1 rings (SSSR count). The van der Waals surface area contributed by atoms with E-state index < -0.39 is 0 Å². The van der Waals surface area contributed by atoms with Gasteiger partial charge in [-0.05, 0) is 26.3 Å². The average Bonchev–Trinajstić information content (AvgIpc) is 1.94. The molecule has 1 nitrogen and oxygen atoms in total. The number of rotatable bonds is 2. The maximum atomic E-state index is 6.07. The van der Waals surface area contributed by atoms with Crippen LogP contribution in [0.15, 0.2) is 23.8 Å². The fraction of sp³-hybridized carbons (Fsp3) is 0.556. The van der Waals surface area contributed by atoms with Gasteiger partial charge in [0.1, 0.15) is 0 Å². The summed E-state index contributed by atoms with van der Waals surface area (Å²) in [6.45, 7) is 2.73. The largest absolute Gasteiger partial charge is 0.330 e. The molecule has 0 aliphatic heterocycles. The number of halogens is 2. The molecular weight excluding hydrogens is 193 g/mol. The van der Waals surface area contributed by atoms with E-state index in [1.165, 1.54) is 5.57 Å². The third-order valence-corrected chi connectivity index (χ3v) is 2.12. The monoisotopic (exact) mass is 207 g/mol. The summed E-state index contributed by atoms with van der Waals surface area (Å²) in [4.78, 5) is -0.169. The number of hydrogen-bond donors (Lipinski definition) is 1. The predicted octanol–water partition coefficient (Wildman–Crippen LogP) is 2.64. The molecule has 0 amide bonds. The van der Waals surface area contributed by atoms with Crippen LogP contribution >= 0.6 is 24.0 Å². The smallest absolute Gasteiger partial charge is 0.0635 e. The molecule has 1 atom stereocenters. The van der Waals surface area contributed by atoms with Crippen LogP contribution in [0.3, 0.4) is 0 Å². The zero-order valence-electron chi connectivity index (χ0n) is 7.22. The van der Waals surface area contributed by atoms with Gasteiger partial charge in [0.25, 0.3) is 0 Å². The molecule has 0 saturated heterocycles. The maximum absolute atomic E-state index is 6.07. The number of hydrogen-bond acceptors (Lipinski definition) is 1. The first-order chi connectivity index (χ1) is 5.14. The molecule has 3 heteroatoms. The van der Waals surface area contributed by atoms with E-state index in [1.807, 2.05) is 13.0 Å². The van der Waals surface area contributed by atoms with Crippen LogP contribution in [0.1, 0.15) is 19.8 Å². The van der Waals surface area contributed by atoms with Gasteiger partial charge < -0.3 is 5.73 Å². The summed E-state index contributed by atoms with van der Waals surface area (Å²) >= 11 is 6.07. The van der Waals surface area contributed by atoms with Gasteiger partial charge in [-0.1, -0.05) is 23.8 Å². The summed E-state index contributed by atoms with van der Waals surface area (Å²) in [5.74, 6) is 0. The van der Waals surface area contributed by atoms with Crippen LogP contribution in [-0.2, 0) is 0 Å². The van der Waals surface area contributed by atoms with E-state index in [-0.39, 0.29) is 17.3 Å². The third kappa shape index (κ3) is 3.61. The molecule has 0 aromatic rings. The lowest BCUT2D eigenvalue weighted by molar-refractivity contribution is 0.767. The summed E-state index contributed by atoms with van der Waals surface area (Å²) in [5, 5.41) is 0. The van der Waals surface area contributed by atoms with Crippen LogP contribution in [0.5, 0.6) is 0 Å². The van der Waals surface area contributed by atoms with Crippen molar-refractivity contribution in [1.29, 1.82) is 0 Å². The van der Waals surface area contributed by atoms with Crippen LogP contribution < -0.4 is 5.73 Å². The van der Waals surface area contributed by atoms with Crippen LogP contribution in [0.4, 0.5) is 0 Å². The fourth-order valence-electron chi connectivity index (χ4n) is 1.10. The van der Waals surface area contributed by atoms with Gasteiger partial charge in [-0.3, -0.25) is 0 Å². The van der Waals surface area contributed by atoms with Gasteiger partial charge in [-0.25, -0.2) is 0 Å². The summed E-state index contributed by atoms with van der Waals surface area (Å²) in [6, 6.07) is 0. The van der Waals surface area contributed by atoms with Crippen molar-refractivity contribution in [2.75, 3.05) is 6.54 Å². The molecule has 0 saturated carbocycles. The second kappa shape index (κ2) is 4.90. The maximum Gasteiger partial charge on any atom is 0.0635 e. The van der Waals surface area contributed by atoms with Crippen molar-refractivity contribution in [1.82, 2.24) is 0 Å². The van der Waals surface area contributed by atoms with Gasteiger partial charge >= 0.3 is 0 Å². The first-order valence-corrected chi connectivity index (χ1v) is 4.29. The predicted molar refractivity (Wildman–Crippen MR) is 57.0 cm³/mol. The van der Waals surface area contributed by atoms with Crippen molar-refractivity contribution in [2.45, 2.75) is 24.6 Å². The molecule has 0 bridgehead atoms. The Morgan fingerprint density at radius 1 is 1.67 bits per heavy atom. The summed E-state index contributed by atoms with van der Waals surface area (Å²) in [7, 11) is 0. The second-order valence-electron chi connectivity index (χ2n) is 3.13. The minimum atomic E-state index is -0.169. The van der Waals surface area contributed by atoms with E-state index in [4.69, 9.17) is 17.3 Å². The zero-order valence-corrected chi connectivity index (χ0v) is 8.79. The molecule has 0 heterocycles. The van der Waals surface area contributed by atoms with Gasteiger partial charge in [-0.15, -0.1) is 24.0 Å². The summed E-state index contributed by atoms with van der Waals surface area (Å²) in [5.41, 5.74) is 6.73. The Bertz CT molecular complexity index is 195. The second-order valence-corrected chi connectivity index (χ2v) is 4.00. The molecule has 1 aliphatic rings. The van der Waals surface area contributed by atoms with Crippen molar-refractivity contribution < 1.29 is 0 Å². The standard InChI is InChI=1S/C9H14ClN.ClH/c1-9(10)5-2-8(3-6-9)4-7-11;/h2-3,5H,4,6-7,11H2,1H3;1H. The molecule has 70 valence electrons. The van der Waals surface area contributed by atoms with E-state index in [1.54, 1.807) is 0 Å². The van der Waals surface area contributed by atoms with E-state index in [9.17, 15) is 0 Å². The van der Waals surface area contributed by atoms with Crippen LogP contribution in [0.2, 0.25) is 0 Å². The van der Waals surface area contributed by atoms with Crippen LogP contribution in [0.25, 0.3) is 0 Å². The lowest BCUT2D eigenvalue weighted by atomic mass is 9.96. The quantitative estimate of drug-likeness (QED) is 0.693. The first kappa shape index (κ1) is 12.0. The van der Waals surface area contributed by atoms with Gasteiger partial charge in [0.2, 0.25) is 0 Å². The molecule has 0 aromatic carbocycles. The first-order valence-electron chi connectivity index (χ1n) is 3.91. The van der Waals surface area contributed by atoms with Crippen LogP contribution in [0, 0.1) is 0 Å². The highest BCUT2D eigenvalue weighted by Crippen LogP contribution is 2.27. The molecule has 12 heavy (non-hydrogen) atoms. The Balaban J connectivity index is 0.00000121. The summed E-state index contributed by atoms with van der Waals surface area (Å²) in [6.07, 6.45) is 8.16. The SMILES string of the molecule is CC1(Cl)C=CC(CCN)=CC1.Cl. The molecule has 0 aromatic heterocycles. The van der Waals surface area contributed by atoms with Crippen molar-refractivity contribution in [3.8, 4) is 0 Å². The molecule has 0 radical (unpaired) electrons. The van der Waals surface area contributed by atoms with Crippen molar-refractivity contribution in [3.63, 3.8) is 0 Å². The lowest BCUT2D eigenvalue weighted by Gasteiger charge is -2.19. The normalized spacial score (nSPS) is 27.8. The highest BCUT2D eigenvalue weighted by Gasteiger charge is 2.17. The van der Waals surface area contributed by atoms with E-state index in [0.717, 1.165) is 19.4 Å². The Morgan fingerprint density at radius 2 is 2.33 bits per heavy atom. The average molecular weight is 208 g/mol. The third-order valence-electron chi connectivity index (χ3n) is 1.84. The highest BCUT2D eigenvalue weighted by molar-refractivity contribution is 6.25. The molecule has 0 spiro atoms. The van der Waals surface area contributed by atoms with Crippen molar-refractivity contribution >= 4 is 24.0 Å². The van der Waals surface area contributed by atoms with E-state index in [0.29, 0.717) is 0 Å². The highest BCUT2D eigenvalue weighted by atomic mass is 35.5. The van der Waals surface area contributed by atoms with Gasteiger partial charge in [0.05, 0.1) is 4.87 Å². The minimum absolute atomic E-state index is 0. The van der Waals surface area contributed by atoms with Crippen LogP contribution in [-0.4, -0.2) is 11.4 Å². The molecular formula is C9H15Cl2N. The van der Waals surface area contributed by atoms with Gasteiger partial charge in [0.15, 0.2) is 0 Å². The Hall–Kier alpha value is 0.0200. The fourth-order valence-corrected chi connectivity index (χ4v) is 1.24. The summed E-state index contributed by atoms with van der Waals surface area (Å²) < 4.78 is 0. The Labute approximate surface area is 85.1 Å². The van der Waals surface area contributed by atoms with Gasteiger partial charge in [-0.2, -0.15) is 0 Å². The van der Waals surface area contributed by atoms with Gasteiger partial charge in [0, 0.05) is 0 Å². The van der Waals surface area contributed by atoms with Crippen molar-refractivity contribution in [3.05, 3.63) is 23.8 Å². The topological polar surface area (TPSA) is 26.0 Å². The molecule has 1 unspecified atom stereocenters. The minimum Gasteiger partial charge on any atom is -0.330 e.